The van der Waals surface area contributed by atoms with Crippen molar-refractivity contribution in [3.05, 3.63) is 65.2 Å². The Morgan fingerprint density at radius 3 is 2.46 bits per heavy atom. The summed E-state index contributed by atoms with van der Waals surface area (Å²) >= 11 is 0. The number of hydrogen-bond acceptors (Lipinski definition) is 3. The topological polar surface area (TPSA) is 36.4 Å². The van der Waals surface area contributed by atoms with Gasteiger partial charge in [-0.2, -0.15) is 0 Å². The number of aryl methyl sites for hydroxylation is 2. The minimum atomic E-state index is 0.111. The van der Waals surface area contributed by atoms with E-state index in [0.29, 0.717) is 0 Å². The molecule has 3 aromatic rings. The molecule has 0 saturated carbocycles. The van der Waals surface area contributed by atoms with Gasteiger partial charge in [-0.1, -0.05) is 48.9 Å². The molecule has 1 saturated heterocycles. The zero-order valence-electron chi connectivity index (χ0n) is 16.9. The Bertz CT molecular complexity index is 1020. The second kappa shape index (κ2) is 7.72. The lowest BCUT2D eigenvalue weighted by Gasteiger charge is -2.34. The fourth-order valence-corrected chi connectivity index (χ4v) is 4.03. The molecule has 28 heavy (non-hydrogen) atoms. The number of fused-ring (bicyclic) bond motifs is 1. The Morgan fingerprint density at radius 2 is 1.75 bits per heavy atom. The third-order valence-corrected chi connectivity index (χ3v) is 5.71. The first-order chi connectivity index (χ1) is 13.6. The van der Waals surface area contributed by atoms with Crippen LogP contribution in [-0.2, 0) is 0 Å². The summed E-state index contributed by atoms with van der Waals surface area (Å²) in [7, 11) is 0. The van der Waals surface area contributed by atoms with Crippen LogP contribution in [0.1, 0.15) is 28.4 Å². The van der Waals surface area contributed by atoms with Gasteiger partial charge in [-0.05, 0) is 38.1 Å². The van der Waals surface area contributed by atoms with Crippen LogP contribution in [0.5, 0.6) is 0 Å². The summed E-state index contributed by atoms with van der Waals surface area (Å²) in [5.41, 5.74) is 5.99. The van der Waals surface area contributed by atoms with E-state index >= 15 is 0 Å². The highest BCUT2D eigenvalue weighted by Crippen LogP contribution is 2.28. The summed E-state index contributed by atoms with van der Waals surface area (Å²) in [6.07, 6.45) is 0. The van der Waals surface area contributed by atoms with Crippen LogP contribution in [0.25, 0.3) is 22.2 Å². The van der Waals surface area contributed by atoms with E-state index in [-0.39, 0.29) is 5.91 Å². The zero-order chi connectivity index (χ0) is 19.7. The van der Waals surface area contributed by atoms with Crippen molar-refractivity contribution in [1.29, 1.82) is 0 Å². The van der Waals surface area contributed by atoms with Crippen LogP contribution >= 0.6 is 0 Å². The second-order valence-corrected chi connectivity index (χ2v) is 7.62. The number of benzene rings is 2. The Balaban J connectivity index is 1.78. The molecule has 1 fully saturated rings. The second-order valence-electron chi connectivity index (χ2n) is 7.62. The predicted molar refractivity (Wildman–Crippen MR) is 115 cm³/mol. The third kappa shape index (κ3) is 3.52. The molecule has 0 radical (unpaired) electrons. The smallest absolute Gasteiger partial charge is 0.254 e. The Labute approximate surface area is 166 Å². The van der Waals surface area contributed by atoms with Gasteiger partial charge in [0, 0.05) is 37.1 Å². The Morgan fingerprint density at radius 1 is 1.00 bits per heavy atom. The number of para-hydroxylation sites is 1. The minimum Gasteiger partial charge on any atom is -0.336 e. The molecular formula is C24H27N3O. The van der Waals surface area contributed by atoms with Gasteiger partial charge in [0.1, 0.15) is 0 Å². The Kier molecular flexibility index (Phi) is 5.14. The van der Waals surface area contributed by atoms with Gasteiger partial charge in [0.15, 0.2) is 0 Å². The van der Waals surface area contributed by atoms with Gasteiger partial charge >= 0.3 is 0 Å². The maximum atomic E-state index is 13.4. The maximum Gasteiger partial charge on any atom is 0.254 e. The fourth-order valence-electron chi connectivity index (χ4n) is 4.03. The normalized spacial score (nSPS) is 15.2. The van der Waals surface area contributed by atoms with Gasteiger partial charge in [-0.3, -0.25) is 4.79 Å². The number of hydrogen-bond donors (Lipinski definition) is 0. The molecule has 1 aromatic heterocycles. The molecule has 1 aliphatic rings. The van der Waals surface area contributed by atoms with Crippen LogP contribution < -0.4 is 0 Å². The molecule has 4 nitrogen and oxygen atoms in total. The molecule has 0 aliphatic carbocycles. The van der Waals surface area contributed by atoms with Crippen LogP contribution in [0, 0.1) is 13.8 Å². The highest BCUT2D eigenvalue weighted by atomic mass is 16.2. The summed E-state index contributed by atoms with van der Waals surface area (Å²) in [6.45, 7) is 10.8. The molecule has 4 heteroatoms. The lowest BCUT2D eigenvalue weighted by molar-refractivity contribution is 0.0645. The number of amides is 1. The lowest BCUT2D eigenvalue weighted by Crippen LogP contribution is -2.48. The number of carbonyl (C=O) groups excluding carboxylic acids is 1. The number of likely N-dealkylation sites (N-methyl/N-ethyl adjacent to an activating group) is 1. The number of rotatable bonds is 3. The molecule has 1 amide bonds. The molecule has 4 rings (SSSR count). The maximum absolute atomic E-state index is 13.4. The van der Waals surface area contributed by atoms with E-state index in [1.165, 1.54) is 11.1 Å². The van der Waals surface area contributed by atoms with Crippen molar-refractivity contribution in [3.63, 3.8) is 0 Å². The average molecular weight is 374 g/mol. The molecule has 0 atom stereocenters. The first-order valence-corrected chi connectivity index (χ1v) is 10.1. The largest absolute Gasteiger partial charge is 0.336 e. The van der Waals surface area contributed by atoms with E-state index in [9.17, 15) is 4.79 Å². The molecule has 2 heterocycles. The van der Waals surface area contributed by atoms with Crippen molar-refractivity contribution >= 4 is 16.8 Å². The van der Waals surface area contributed by atoms with Crippen LogP contribution in [0.3, 0.4) is 0 Å². The summed E-state index contributed by atoms with van der Waals surface area (Å²) in [5, 5.41) is 0.930. The summed E-state index contributed by atoms with van der Waals surface area (Å²) in [4.78, 5) is 22.7. The Hall–Kier alpha value is -2.72. The molecule has 144 valence electrons. The van der Waals surface area contributed by atoms with Crippen molar-refractivity contribution in [1.82, 2.24) is 14.8 Å². The average Bonchev–Trinajstić information content (AvgIpc) is 2.72. The third-order valence-electron chi connectivity index (χ3n) is 5.71. The van der Waals surface area contributed by atoms with Crippen LogP contribution in [-0.4, -0.2) is 53.4 Å². The standard InChI is InChI=1S/C24H27N3O/c1-4-26-11-13-27(14-12-26)24(28)21-16-23(19-10-9-17(2)15-18(19)3)25-22-8-6-5-7-20(21)22/h5-10,15-16H,4,11-14H2,1-3H3. The van der Waals surface area contributed by atoms with Gasteiger partial charge in [0.25, 0.3) is 5.91 Å². The van der Waals surface area contributed by atoms with Crippen LogP contribution in [0.15, 0.2) is 48.5 Å². The zero-order valence-corrected chi connectivity index (χ0v) is 16.9. The van der Waals surface area contributed by atoms with Gasteiger partial charge < -0.3 is 9.80 Å². The highest BCUT2D eigenvalue weighted by molar-refractivity contribution is 6.07. The number of pyridine rings is 1. The molecular weight excluding hydrogens is 346 g/mol. The van der Waals surface area contributed by atoms with E-state index in [2.05, 4.69) is 43.9 Å². The van der Waals surface area contributed by atoms with E-state index < -0.39 is 0 Å². The molecule has 0 bridgehead atoms. The quantitative estimate of drug-likeness (QED) is 0.687. The number of carbonyl (C=O) groups is 1. The van der Waals surface area contributed by atoms with E-state index in [1.807, 2.05) is 35.2 Å². The molecule has 0 spiro atoms. The highest BCUT2D eigenvalue weighted by Gasteiger charge is 2.23. The van der Waals surface area contributed by atoms with E-state index in [4.69, 9.17) is 4.98 Å². The summed E-state index contributed by atoms with van der Waals surface area (Å²) in [5.74, 6) is 0.111. The van der Waals surface area contributed by atoms with Gasteiger partial charge in [-0.15, -0.1) is 0 Å². The number of piperazine rings is 1. The summed E-state index contributed by atoms with van der Waals surface area (Å²) in [6, 6.07) is 16.3. The lowest BCUT2D eigenvalue weighted by atomic mass is 9.99. The fraction of sp³-hybridized carbons (Fsp3) is 0.333. The van der Waals surface area contributed by atoms with Crippen LogP contribution in [0.2, 0.25) is 0 Å². The summed E-state index contributed by atoms with van der Waals surface area (Å²) < 4.78 is 0. The SMILES string of the molecule is CCN1CCN(C(=O)c2cc(-c3ccc(C)cc3C)nc3ccccc23)CC1. The number of aromatic nitrogens is 1. The van der Waals surface area contributed by atoms with Crippen molar-refractivity contribution in [3.8, 4) is 11.3 Å². The van der Waals surface area contributed by atoms with Gasteiger partial charge in [0.2, 0.25) is 0 Å². The molecule has 0 N–H and O–H groups in total. The first-order valence-electron chi connectivity index (χ1n) is 10.1. The van der Waals surface area contributed by atoms with Crippen molar-refractivity contribution in [2.45, 2.75) is 20.8 Å². The first kappa shape index (κ1) is 18.6. The predicted octanol–water partition coefficient (Wildman–Crippen LogP) is 4.30. The number of nitrogens with zero attached hydrogens (tertiary/aromatic N) is 3. The van der Waals surface area contributed by atoms with Gasteiger partial charge in [-0.25, -0.2) is 4.98 Å². The van der Waals surface area contributed by atoms with E-state index in [0.717, 1.165) is 60.4 Å². The molecule has 2 aromatic carbocycles. The monoisotopic (exact) mass is 373 g/mol. The molecule has 0 unspecified atom stereocenters. The molecule has 1 aliphatic heterocycles. The van der Waals surface area contributed by atoms with Crippen molar-refractivity contribution in [2.24, 2.45) is 0 Å². The van der Waals surface area contributed by atoms with Crippen molar-refractivity contribution < 1.29 is 4.79 Å². The van der Waals surface area contributed by atoms with E-state index in [1.54, 1.807) is 0 Å². The van der Waals surface area contributed by atoms with Crippen LogP contribution in [0.4, 0.5) is 0 Å². The van der Waals surface area contributed by atoms with Crippen molar-refractivity contribution in [2.75, 3.05) is 32.7 Å². The minimum absolute atomic E-state index is 0.111. The van der Waals surface area contributed by atoms with Gasteiger partial charge in [0.05, 0.1) is 16.8 Å².